The van der Waals surface area contributed by atoms with Crippen molar-refractivity contribution in [1.29, 1.82) is 0 Å². The first-order chi connectivity index (χ1) is 15.3. The average Bonchev–Trinajstić information content (AvgIpc) is 2.99. The number of anilines is 3. The number of nitrogens with one attached hydrogen (secondary N) is 2. The molecule has 0 spiro atoms. The monoisotopic (exact) mass is 429 g/mol. The van der Waals surface area contributed by atoms with Crippen molar-refractivity contribution in [2.75, 3.05) is 15.5 Å². The van der Waals surface area contributed by atoms with Gasteiger partial charge in [0.2, 0.25) is 5.91 Å². The molecule has 3 aromatic carbocycles. The van der Waals surface area contributed by atoms with Crippen LogP contribution in [0.1, 0.15) is 18.1 Å². The number of halogens is 1. The van der Waals surface area contributed by atoms with E-state index in [1.54, 1.807) is 24.3 Å². The van der Waals surface area contributed by atoms with E-state index < -0.39 is 17.6 Å². The van der Waals surface area contributed by atoms with Crippen molar-refractivity contribution >= 4 is 40.4 Å². The molecule has 0 saturated heterocycles. The van der Waals surface area contributed by atoms with Crippen LogP contribution in [0.4, 0.5) is 21.5 Å². The van der Waals surface area contributed by atoms with Crippen molar-refractivity contribution < 1.29 is 18.8 Å². The standard InChI is InChI=1S/C25H20FN3O3/c1-15-6-10-20(11-7-15)28-23-22(17-8-12-19(13-9-17)27-16(2)30)24(31)29(25(23)32)21-5-3-4-18(26)14-21/h3-14,28H,1-2H3,(H,27,30). The van der Waals surface area contributed by atoms with Crippen molar-refractivity contribution in [3.63, 3.8) is 0 Å². The SMILES string of the molecule is CC(=O)Nc1ccc(C2=C(Nc3ccc(C)cc3)C(=O)N(c3cccc(F)c3)C2=O)cc1. The molecular formula is C25H20FN3O3. The number of rotatable bonds is 5. The van der Waals surface area contributed by atoms with Gasteiger partial charge in [0.1, 0.15) is 11.5 Å². The first-order valence-corrected chi connectivity index (χ1v) is 9.94. The van der Waals surface area contributed by atoms with Crippen LogP contribution >= 0.6 is 0 Å². The molecule has 4 rings (SSSR count). The lowest BCUT2D eigenvalue weighted by Crippen LogP contribution is -2.32. The number of nitrogens with zero attached hydrogens (tertiary/aromatic N) is 1. The zero-order valence-corrected chi connectivity index (χ0v) is 17.5. The summed E-state index contributed by atoms with van der Waals surface area (Å²) in [6, 6.07) is 19.3. The fraction of sp³-hybridized carbons (Fsp3) is 0.0800. The van der Waals surface area contributed by atoms with Crippen LogP contribution in [0, 0.1) is 12.7 Å². The van der Waals surface area contributed by atoms with Gasteiger partial charge in [-0.1, -0.05) is 35.9 Å². The number of benzene rings is 3. The summed E-state index contributed by atoms with van der Waals surface area (Å²) in [7, 11) is 0. The van der Waals surface area contributed by atoms with Crippen molar-refractivity contribution in [3.05, 3.63) is 95.4 Å². The molecule has 1 aliphatic rings. The van der Waals surface area contributed by atoms with Crippen molar-refractivity contribution in [3.8, 4) is 0 Å². The minimum Gasteiger partial charge on any atom is -0.350 e. The molecule has 0 aromatic heterocycles. The minimum absolute atomic E-state index is 0.0930. The van der Waals surface area contributed by atoms with E-state index in [0.29, 0.717) is 16.9 Å². The zero-order chi connectivity index (χ0) is 22.8. The molecule has 3 aromatic rings. The molecule has 7 heteroatoms. The Morgan fingerprint density at radius 2 is 1.53 bits per heavy atom. The van der Waals surface area contributed by atoms with E-state index in [9.17, 15) is 18.8 Å². The number of carbonyl (C=O) groups is 3. The molecule has 160 valence electrons. The highest BCUT2D eigenvalue weighted by Crippen LogP contribution is 2.34. The topological polar surface area (TPSA) is 78.5 Å². The predicted octanol–water partition coefficient (Wildman–Crippen LogP) is 4.49. The largest absolute Gasteiger partial charge is 0.350 e. The molecule has 0 saturated carbocycles. The molecule has 0 fully saturated rings. The number of imide groups is 1. The Kier molecular flexibility index (Phi) is 5.55. The lowest BCUT2D eigenvalue weighted by Gasteiger charge is -2.15. The zero-order valence-electron chi connectivity index (χ0n) is 17.5. The Morgan fingerprint density at radius 3 is 2.16 bits per heavy atom. The smallest absolute Gasteiger partial charge is 0.282 e. The molecule has 0 atom stereocenters. The number of hydrogen-bond donors (Lipinski definition) is 2. The van der Waals surface area contributed by atoms with E-state index in [0.717, 1.165) is 16.5 Å². The molecule has 1 heterocycles. The molecule has 6 nitrogen and oxygen atoms in total. The van der Waals surface area contributed by atoms with Gasteiger partial charge < -0.3 is 10.6 Å². The summed E-state index contributed by atoms with van der Waals surface area (Å²) in [5, 5.41) is 5.73. The quantitative estimate of drug-likeness (QED) is 0.586. The predicted molar refractivity (Wildman–Crippen MR) is 121 cm³/mol. The summed E-state index contributed by atoms with van der Waals surface area (Å²) in [5.74, 6) is -1.92. The number of aryl methyl sites for hydroxylation is 1. The fourth-order valence-electron chi connectivity index (χ4n) is 3.47. The molecule has 0 radical (unpaired) electrons. The van der Waals surface area contributed by atoms with Crippen LogP contribution in [-0.2, 0) is 14.4 Å². The summed E-state index contributed by atoms with van der Waals surface area (Å²) in [5.41, 5.74) is 3.14. The van der Waals surface area contributed by atoms with E-state index in [2.05, 4.69) is 10.6 Å². The summed E-state index contributed by atoms with van der Waals surface area (Å²) in [4.78, 5) is 38.9. The third-order valence-electron chi connectivity index (χ3n) is 4.97. The molecule has 0 aliphatic carbocycles. The third kappa shape index (κ3) is 4.13. The van der Waals surface area contributed by atoms with Gasteiger partial charge in [0.15, 0.2) is 0 Å². The van der Waals surface area contributed by atoms with Gasteiger partial charge in [0.25, 0.3) is 11.8 Å². The van der Waals surface area contributed by atoms with Crippen LogP contribution in [0.15, 0.2) is 78.5 Å². The van der Waals surface area contributed by atoms with Gasteiger partial charge in [0.05, 0.1) is 11.3 Å². The van der Waals surface area contributed by atoms with Crippen molar-refractivity contribution in [2.45, 2.75) is 13.8 Å². The maximum absolute atomic E-state index is 13.8. The summed E-state index contributed by atoms with van der Waals surface area (Å²) < 4.78 is 13.8. The third-order valence-corrected chi connectivity index (χ3v) is 4.97. The van der Waals surface area contributed by atoms with Crippen LogP contribution in [0.3, 0.4) is 0 Å². The lowest BCUT2D eigenvalue weighted by atomic mass is 10.0. The minimum atomic E-state index is -0.581. The normalized spacial score (nSPS) is 13.5. The number of hydrogen-bond acceptors (Lipinski definition) is 4. The lowest BCUT2D eigenvalue weighted by molar-refractivity contribution is -0.120. The van der Waals surface area contributed by atoms with E-state index in [-0.39, 0.29) is 22.9 Å². The van der Waals surface area contributed by atoms with Gasteiger partial charge in [-0.2, -0.15) is 0 Å². The van der Waals surface area contributed by atoms with Crippen LogP contribution in [0.2, 0.25) is 0 Å². The highest BCUT2D eigenvalue weighted by atomic mass is 19.1. The van der Waals surface area contributed by atoms with Crippen LogP contribution in [-0.4, -0.2) is 17.7 Å². The summed E-state index contributed by atoms with van der Waals surface area (Å²) in [6.07, 6.45) is 0. The Morgan fingerprint density at radius 1 is 0.875 bits per heavy atom. The number of carbonyl (C=O) groups excluding carboxylic acids is 3. The maximum Gasteiger partial charge on any atom is 0.282 e. The molecule has 32 heavy (non-hydrogen) atoms. The molecule has 0 bridgehead atoms. The van der Waals surface area contributed by atoms with E-state index in [1.807, 2.05) is 31.2 Å². The first-order valence-electron chi connectivity index (χ1n) is 9.94. The maximum atomic E-state index is 13.8. The molecule has 1 aliphatic heterocycles. The van der Waals surface area contributed by atoms with Crippen LogP contribution in [0.5, 0.6) is 0 Å². The highest BCUT2D eigenvalue weighted by molar-refractivity contribution is 6.46. The summed E-state index contributed by atoms with van der Waals surface area (Å²) in [6.45, 7) is 3.34. The second-order valence-corrected chi connectivity index (χ2v) is 7.43. The van der Waals surface area contributed by atoms with Crippen LogP contribution < -0.4 is 15.5 Å². The Hall–Kier alpha value is -4.26. The van der Waals surface area contributed by atoms with Crippen molar-refractivity contribution in [2.24, 2.45) is 0 Å². The van der Waals surface area contributed by atoms with Gasteiger partial charge in [-0.25, -0.2) is 9.29 Å². The second-order valence-electron chi connectivity index (χ2n) is 7.43. The van der Waals surface area contributed by atoms with Gasteiger partial charge in [-0.3, -0.25) is 14.4 Å². The van der Waals surface area contributed by atoms with E-state index >= 15 is 0 Å². The Bertz CT molecular complexity index is 1250. The van der Waals surface area contributed by atoms with Gasteiger partial charge in [0, 0.05) is 18.3 Å². The van der Waals surface area contributed by atoms with Crippen molar-refractivity contribution in [1.82, 2.24) is 0 Å². The highest BCUT2D eigenvalue weighted by Gasteiger charge is 2.40. The summed E-state index contributed by atoms with van der Waals surface area (Å²) >= 11 is 0. The molecule has 0 unspecified atom stereocenters. The second kappa shape index (κ2) is 8.47. The molecule has 3 amide bonds. The fourth-order valence-corrected chi connectivity index (χ4v) is 3.47. The molecular weight excluding hydrogens is 409 g/mol. The number of amides is 3. The average molecular weight is 429 g/mol. The molecule has 2 N–H and O–H groups in total. The van der Waals surface area contributed by atoms with Crippen LogP contribution in [0.25, 0.3) is 5.57 Å². The van der Waals surface area contributed by atoms with Gasteiger partial charge in [-0.05, 0) is 55.0 Å². The Balaban J connectivity index is 1.78. The Labute approximate surface area is 184 Å². The van der Waals surface area contributed by atoms with E-state index in [1.165, 1.54) is 25.1 Å². The van der Waals surface area contributed by atoms with E-state index in [4.69, 9.17) is 0 Å². The first kappa shape index (κ1) is 21.0. The van der Waals surface area contributed by atoms with Gasteiger partial charge >= 0.3 is 0 Å². The van der Waals surface area contributed by atoms with Gasteiger partial charge in [-0.15, -0.1) is 0 Å².